The molecule has 0 spiro atoms. The van der Waals surface area contributed by atoms with Crippen molar-refractivity contribution >= 4 is 39.8 Å². The van der Waals surface area contributed by atoms with Gasteiger partial charge in [0.2, 0.25) is 11.8 Å². The summed E-state index contributed by atoms with van der Waals surface area (Å²) in [5, 5.41) is 4.06. The molecule has 3 aromatic rings. The third kappa shape index (κ3) is 6.16. The number of hydrogen-bond acceptors (Lipinski definition) is 8. The lowest BCUT2D eigenvalue weighted by atomic mass is 9.94. The standard InChI is InChI=1S/C24H31N5O2S2/c1-24(2,3)19-12-27-20(31-19)15-32-21-13-28-23(33-21)29(14-16-4-6-18(25)7-5-16)22(30)17-8-10-26-11-9-17/h4-7,12-13,17,26H,8-11,14-15,25H2,1-3H3. The highest BCUT2D eigenvalue weighted by atomic mass is 32.2. The summed E-state index contributed by atoms with van der Waals surface area (Å²) in [4.78, 5) is 24.3. The Kier molecular flexibility index (Phi) is 7.41. The Bertz CT molecular complexity index is 1070. The number of rotatable bonds is 7. The van der Waals surface area contributed by atoms with Crippen LogP contribution in [-0.2, 0) is 22.5 Å². The van der Waals surface area contributed by atoms with Gasteiger partial charge in [0.05, 0.1) is 28.9 Å². The van der Waals surface area contributed by atoms with Crippen molar-refractivity contribution in [2.45, 2.75) is 55.5 Å². The van der Waals surface area contributed by atoms with Gasteiger partial charge in [-0.25, -0.2) is 9.97 Å². The maximum Gasteiger partial charge on any atom is 0.232 e. The number of thioether (sulfide) groups is 1. The van der Waals surface area contributed by atoms with E-state index in [2.05, 4.69) is 36.1 Å². The first kappa shape index (κ1) is 23.8. The normalized spacial score (nSPS) is 15.0. The smallest absolute Gasteiger partial charge is 0.232 e. The second-order valence-electron chi connectivity index (χ2n) is 9.31. The lowest BCUT2D eigenvalue weighted by Gasteiger charge is -2.28. The molecular formula is C24H31N5O2S2. The molecule has 176 valence electrons. The molecule has 1 aliphatic heterocycles. The van der Waals surface area contributed by atoms with Gasteiger partial charge >= 0.3 is 0 Å². The van der Waals surface area contributed by atoms with E-state index in [1.165, 1.54) is 11.3 Å². The van der Waals surface area contributed by atoms with Crippen LogP contribution >= 0.6 is 23.1 Å². The molecule has 3 N–H and O–H groups in total. The van der Waals surface area contributed by atoms with E-state index in [1.807, 2.05) is 35.4 Å². The molecular weight excluding hydrogens is 454 g/mol. The number of carbonyl (C=O) groups is 1. The molecule has 1 aromatic carbocycles. The summed E-state index contributed by atoms with van der Waals surface area (Å²) in [5.74, 6) is 2.36. The molecule has 0 radical (unpaired) electrons. The molecule has 0 unspecified atom stereocenters. The molecule has 9 heteroatoms. The fraction of sp³-hybridized carbons (Fsp3) is 0.458. The maximum atomic E-state index is 13.5. The number of anilines is 2. The maximum absolute atomic E-state index is 13.5. The van der Waals surface area contributed by atoms with Crippen molar-refractivity contribution in [2.24, 2.45) is 5.92 Å². The van der Waals surface area contributed by atoms with Crippen LogP contribution in [0.1, 0.15) is 50.8 Å². The van der Waals surface area contributed by atoms with Crippen LogP contribution in [0.3, 0.4) is 0 Å². The Morgan fingerprint density at radius 1 is 1.21 bits per heavy atom. The summed E-state index contributed by atoms with van der Waals surface area (Å²) < 4.78 is 6.93. The molecule has 7 nitrogen and oxygen atoms in total. The van der Waals surface area contributed by atoms with Crippen LogP contribution < -0.4 is 16.0 Å². The number of benzene rings is 1. The fourth-order valence-corrected chi connectivity index (χ4v) is 5.45. The van der Waals surface area contributed by atoms with Crippen LogP contribution in [0.4, 0.5) is 10.8 Å². The van der Waals surface area contributed by atoms with E-state index < -0.39 is 0 Å². The highest BCUT2D eigenvalue weighted by Crippen LogP contribution is 2.35. The first-order valence-electron chi connectivity index (χ1n) is 11.2. The Morgan fingerprint density at radius 2 is 1.94 bits per heavy atom. The Morgan fingerprint density at radius 3 is 2.61 bits per heavy atom. The zero-order chi connectivity index (χ0) is 23.4. The molecule has 2 aromatic heterocycles. The average Bonchev–Trinajstić information content (AvgIpc) is 3.47. The SMILES string of the molecule is CC(C)(C)c1cnc(CSc2cnc(N(Cc3ccc(N)cc3)C(=O)C3CCNCC3)s2)o1. The number of aromatic nitrogens is 2. The van der Waals surface area contributed by atoms with Gasteiger partial charge in [-0.2, -0.15) is 0 Å². The molecule has 0 atom stereocenters. The minimum Gasteiger partial charge on any atom is -0.444 e. The number of nitrogens with two attached hydrogens (primary N) is 1. The van der Waals surface area contributed by atoms with Gasteiger partial charge in [0.1, 0.15) is 5.76 Å². The monoisotopic (exact) mass is 485 g/mol. The quantitative estimate of drug-likeness (QED) is 0.365. The van der Waals surface area contributed by atoms with Gasteiger partial charge < -0.3 is 15.5 Å². The summed E-state index contributed by atoms with van der Waals surface area (Å²) in [5.41, 5.74) is 7.52. The van der Waals surface area contributed by atoms with Gasteiger partial charge in [0.15, 0.2) is 5.13 Å². The van der Waals surface area contributed by atoms with Crippen molar-refractivity contribution in [2.75, 3.05) is 23.7 Å². The molecule has 1 saturated heterocycles. The molecule has 0 aliphatic carbocycles. The highest BCUT2D eigenvalue weighted by molar-refractivity contribution is 8.00. The third-order valence-corrected chi connectivity index (χ3v) is 7.81. The van der Waals surface area contributed by atoms with Crippen LogP contribution in [0, 0.1) is 5.92 Å². The topological polar surface area (TPSA) is 97.3 Å². The lowest BCUT2D eigenvalue weighted by molar-refractivity contribution is -0.123. The zero-order valence-electron chi connectivity index (χ0n) is 19.3. The molecule has 1 aliphatic rings. The van der Waals surface area contributed by atoms with Crippen LogP contribution in [-0.4, -0.2) is 29.0 Å². The minimum atomic E-state index is -0.0643. The van der Waals surface area contributed by atoms with Gasteiger partial charge in [-0.05, 0) is 43.6 Å². The number of carbonyl (C=O) groups excluding carboxylic acids is 1. The number of hydrogen-bond donors (Lipinski definition) is 2. The van der Waals surface area contributed by atoms with E-state index in [9.17, 15) is 4.79 Å². The highest BCUT2D eigenvalue weighted by Gasteiger charge is 2.29. The summed E-state index contributed by atoms with van der Waals surface area (Å²) in [6.07, 6.45) is 5.35. The van der Waals surface area contributed by atoms with Gasteiger partial charge in [-0.15, -0.1) is 11.8 Å². The number of nitrogens with zero attached hydrogens (tertiary/aromatic N) is 3. The van der Waals surface area contributed by atoms with Crippen molar-refractivity contribution in [1.29, 1.82) is 0 Å². The number of amides is 1. The van der Waals surface area contributed by atoms with Crippen LogP contribution in [0.2, 0.25) is 0 Å². The van der Waals surface area contributed by atoms with Gasteiger partial charge in [0, 0.05) is 17.0 Å². The van der Waals surface area contributed by atoms with Crippen LogP contribution in [0.25, 0.3) is 0 Å². The fourth-order valence-electron chi connectivity index (χ4n) is 3.63. The van der Waals surface area contributed by atoms with Crippen molar-refractivity contribution in [3.8, 4) is 0 Å². The molecule has 3 heterocycles. The molecule has 0 saturated carbocycles. The van der Waals surface area contributed by atoms with E-state index >= 15 is 0 Å². The number of nitrogens with one attached hydrogen (secondary N) is 1. The van der Waals surface area contributed by atoms with Gasteiger partial charge in [0.25, 0.3) is 0 Å². The van der Waals surface area contributed by atoms with Crippen molar-refractivity contribution in [3.63, 3.8) is 0 Å². The van der Waals surface area contributed by atoms with Crippen molar-refractivity contribution in [1.82, 2.24) is 15.3 Å². The number of piperidine rings is 1. The molecule has 4 rings (SSSR count). The Balaban J connectivity index is 1.48. The summed E-state index contributed by atoms with van der Waals surface area (Å²) in [7, 11) is 0. The molecule has 1 amide bonds. The van der Waals surface area contributed by atoms with Crippen molar-refractivity contribution < 1.29 is 9.21 Å². The van der Waals surface area contributed by atoms with E-state index in [4.69, 9.17) is 10.2 Å². The summed E-state index contributed by atoms with van der Waals surface area (Å²) in [6, 6.07) is 7.68. The Labute approximate surface area is 203 Å². The van der Waals surface area contributed by atoms with Gasteiger partial charge in [-0.3, -0.25) is 9.69 Å². The summed E-state index contributed by atoms with van der Waals surface area (Å²) >= 11 is 3.16. The summed E-state index contributed by atoms with van der Waals surface area (Å²) in [6.45, 7) is 8.55. The van der Waals surface area contributed by atoms with E-state index in [0.29, 0.717) is 23.9 Å². The average molecular weight is 486 g/mol. The van der Waals surface area contributed by atoms with E-state index in [0.717, 1.165) is 46.6 Å². The Hall–Kier alpha value is -2.36. The van der Waals surface area contributed by atoms with Crippen LogP contribution in [0.15, 0.2) is 45.3 Å². The van der Waals surface area contributed by atoms with Crippen LogP contribution in [0.5, 0.6) is 0 Å². The second-order valence-corrected chi connectivity index (χ2v) is 11.6. The molecule has 1 fully saturated rings. The lowest BCUT2D eigenvalue weighted by Crippen LogP contribution is -2.40. The predicted molar refractivity (Wildman–Crippen MR) is 135 cm³/mol. The molecule has 33 heavy (non-hydrogen) atoms. The van der Waals surface area contributed by atoms with Crippen molar-refractivity contribution in [3.05, 3.63) is 53.9 Å². The minimum absolute atomic E-state index is 0.0168. The third-order valence-electron chi connectivity index (χ3n) is 5.61. The zero-order valence-corrected chi connectivity index (χ0v) is 21.0. The predicted octanol–water partition coefficient (Wildman–Crippen LogP) is 4.84. The second kappa shape index (κ2) is 10.3. The number of thiazole rings is 1. The number of oxazole rings is 1. The van der Waals surface area contributed by atoms with Gasteiger partial charge in [-0.1, -0.05) is 44.2 Å². The molecule has 0 bridgehead atoms. The first-order chi connectivity index (χ1) is 15.8. The van der Waals surface area contributed by atoms with E-state index in [-0.39, 0.29) is 17.2 Å². The number of nitrogen functional groups attached to an aromatic ring is 1. The largest absolute Gasteiger partial charge is 0.444 e. The van der Waals surface area contributed by atoms with E-state index in [1.54, 1.807) is 18.0 Å². The first-order valence-corrected chi connectivity index (χ1v) is 13.0.